The Bertz CT molecular complexity index is 245. The van der Waals surface area contributed by atoms with Crippen molar-refractivity contribution in [3.8, 4) is 0 Å². The zero-order valence-electron chi connectivity index (χ0n) is 9.13. The van der Waals surface area contributed by atoms with Gasteiger partial charge in [0.1, 0.15) is 0 Å². The predicted octanol–water partition coefficient (Wildman–Crippen LogP) is 1.08. The van der Waals surface area contributed by atoms with E-state index in [1.54, 1.807) is 0 Å². The van der Waals surface area contributed by atoms with E-state index in [4.69, 9.17) is 11.5 Å². The number of primary amides is 2. The molecule has 0 unspecified atom stereocenters. The molecule has 0 saturated heterocycles. The monoisotopic (exact) mass is 212 g/mol. The molecule has 0 atom stereocenters. The maximum Gasteiger partial charge on any atom is 0.223 e. The first-order valence-electron chi connectivity index (χ1n) is 5.65. The van der Waals surface area contributed by atoms with Crippen molar-refractivity contribution in [2.45, 2.75) is 51.4 Å². The minimum Gasteiger partial charge on any atom is -0.370 e. The maximum atomic E-state index is 11.5. The number of rotatable bonds is 5. The minimum atomic E-state index is -0.353. The normalized spacial score (nSPS) is 19.7. The van der Waals surface area contributed by atoms with Crippen molar-refractivity contribution in [3.05, 3.63) is 0 Å². The van der Waals surface area contributed by atoms with Gasteiger partial charge in [0, 0.05) is 11.8 Å². The van der Waals surface area contributed by atoms with Crippen molar-refractivity contribution in [1.29, 1.82) is 0 Å². The molecule has 0 aromatic heterocycles. The predicted molar refractivity (Wildman–Crippen MR) is 57.8 cm³/mol. The number of carbonyl (C=O) groups is 2. The van der Waals surface area contributed by atoms with Crippen molar-refractivity contribution in [2.24, 2.45) is 16.9 Å². The summed E-state index contributed by atoms with van der Waals surface area (Å²) in [6.07, 6.45) is 6.82. The zero-order valence-corrected chi connectivity index (χ0v) is 9.13. The molecule has 0 radical (unpaired) electrons. The van der Waals surface area contributed by atoms with Gasteiger partial charge in [0.05, 0.1) is 0 Å². The lowest BCUT2D eigenvalue weighted by molar-refractivity contribution is -0.130. The van der Waals surface area contributed by atoms with Gasteiger partial charge in [-0.3, -0.25) is 9.59 Å². The van der Waals surface area contributed by atoms with Gasteiger partial charge in [-0.2, -0.15) is 0 Å². The Hall–Kier alpha value is -1.06. The minimum absolute atomic E-state index is 0.202. The molecule has 2 amide bonds. The Morgan fingerprint density at radius 3 is 2.13 bits per heavy atom. The van der Waals surface area contributed by atoms with Gasteiger partial charge in [-0.05, 0) is 25.7 Å². The smallest absolute Gasteiger partial charge is 0.223 e. The summed E-state index contributed by atoms with van der Waals surface area (Å²) in [6, 6.07) is 0. The average Bonchev–Trinajstić information content (AvgIpc) is 2.18. The molecule has 0 aromatic carbocycles. The molecule has 4 nitrogen and oxygen atoms in total. The zero-order chi connectivity index (χ0) is 11.3. The second-order valence-corrected chi connectivity index (χ2v) is 4.53. The summed E-state index contributed by atoms with van der Waals surface area (Å²) in [7, 11) is 0. The Kier molecular flexibility index (Phi) is 4.12. The van der Waals surface area contributed by atoms with Crippen molar-refractivity contribution in [1.82, 2.24) is 0 Å². The molecule has 86 valence electrons. The topological polar surface area (TPSA) is 86.2 Å². The summed E-state index contributed by atoms with van der Waals surface area (Å²) in [6.45, 7) is 0. The number of hydrogen-bond donors (Lipinski definition) is 2. The van der Waals surface area contributed by atoms with Crippen LogP contribution in [0.4, 0.5) is 0 Å². The van der Waals surface area contributed by atoms with Crippen molar-refractivity contribution in [3.63, 3.8) is 0 Å². The molecule has 0 heterocycles. The van der Waals surface area contributed by atoms with E-state index in [1.807, 2.05) is 0 Å². The van der Waals surface area contributed by atoms with Crippen molar-refractivity contribution >= 4 is 11.8 Å². The van der Waals surface area contributed by atoms with E-state index in [0.29, 0.717) is 19.3 Å². The summed E-state index contributed by atoms with van der Waals surface area (Å²) in [5.41, 5.74) is 10.2. The lowest BCUT2D eigenvalue weighted by Crippen LogP contribution is -2.39. The third-order valence-electron chi connectivity index (χ3n) is 3.41. The number of hydrogen-bond acceptors (Lipinski definition) is 2. The molecule has 15 heavy (non-hydrogen) atoms. The molecule has 0 aromatic rings. The van der Waals surface area contributed by atoms with Crippen LogP contribution in [0.15, 0.2) is 0 Å². The maximum absolute atomic E-state index is 11.5. The van der Waals surface area contributed by atoms with Crippen LogP contribution in [0.1, 0.15) is 51.4 Å². The number of nitrogens with two attached hydrogens (primary N) is 2. The highest BCUT2D eigenvalue weighted by Gasteiger charge is 2.36. The molecule has 1 fully saturated rings. The Balaban J connectivity index is 2.49. The fraction of sp³-hybridized carbons (Fsp3) is 0.818. The second-order valence-electron chi connectivity index (χ2n) is 4.53. The van der Waals surface area contributed by atoms with E-state index >= 15 is 0 Å². The molecule has 1 saturated carbocycles. The fourth-order valence-corrected chi connectivity index (χ4v) is 2.45. The molecule has 0 bridgehead atoms. The number of amides is 2. The molecular weight excluding hydrogens is 192 g/mol. The van der Waals surface area contributed by atoms with Crippen LogP contribution in [-0.4, -0.2) is 11.8 Å². The molecule has 4 heteroatoms. The van der Waals surface area contributed by atoms with Crippen LogP contribution >= 0.6 is 0 Å². The highest BCUT2D eigenvalue weighted by Crippen LogP contribution is 2.40. The van der Waals surface area contributed by atoms with Gasteiger partial charge in [-0.1, -0.05) is 19.3 Å². The molecule has 1 aliphatic rings. The molecule has 0 spiro atoms. The average molecular weight is 212 g/mol. The Labute approximate surface area is 90.4 Å². The van der Waals surface area contributed by atoms with Crippen LogP contribution in [0.3, 0.4) is 0 Å². The van der Waals surface area contributed by atoms with Gasteiger partial charge in [0.15, 0.2) is 0 Å². The summed E-state index contributed by atoms with van der Waals surface area (Å²) >= 11 is 0. The standard InChI is InChI=1S/C11H20N2O2/c12-9(14)5-4-8-11(10(13)15)6-2-1-3-7-11/h1-8H2,(H2,12,14)(H2,13,15). The summed E-state index contributed by atoms with van der Waals surface area (Å²) in [5, 5.41) is 0. The molecule has 4 N–H and O–H groups in total. The van der Waals surface area contributed by atoms with Crippen LogP contribution in [0.5, 0.6) is 0 Å². The van der Waals surface area contributed by atoms with Crippen LogP contribution in [0.25, 0.3) is 0 Å². The third-order valence-corrected chi connectivity index (χ3v) is 3.41. The van der Waals surface area contributed by atoms with Crippen LogP contribution < -0.4 is 11.5 Å². The van der Waals surface area contributed by atoms with Gasteiger partial charge in [-0.25, -0.2) is 0 Å². The summed E-state index contributed by atoms with van der Waals surface area (Å²) in [5.74, 6) is -0.503. The van der Waals surface area contributed by atoms with Gasteiger partial charge in [-0.15, -0.1) is 0 Å². The largest absolute Gasteiger partial charge is 0.370 e. The van der Waals surface area contributed by atoms with Gasteiger partial charge < -0.3 is 11.5 Å². The quantitative estimate of drug-likeness (QED) is 0.714. The highest BCUT2D eigenvalue weighted by molar-refractivity contribution is 5.81. The Morgan fingerprint density at radius 1 is 1.07 bits per heavy atom. The Morgan fingerprint density at radius 2 is 1.67 bits per heavy atom. The fourth-order valence-electron chi connectivity index (χ4n) is 2.45. The van der Waals surface area contributed by atoms with E-state index < -0.39 is 0 Å². The lowest BCUT2D eigenvalue weighted by atomic mass is 9.70. The van der Waals surface area contributed by atoms with Gasteiger partial charge >= 0.3 is 0 Å². The van der Waals surface area contributed by atoms with E-state index in [2.05, 4.69) is 0 Å². The van der Waals surface area contributed by atoms with E-state index in [1.165, 1.54) is 6.42 Å². The molecule has 0 aliphatic heterocycles. The van der Waals surface area contributed by atoms with Crippen molar-refractivity contribution < 1.29 is 9.59 Å². The number of carbonyl (C=O) groups excluding carboxylic acids is 2. The molecule has 1 aliphatic carbocycles. The SMILES string of the molecule is NC(=O)CCCC1(C(N)=O)CCCCC1. The summed E-state index contributed by atoms with van der Waals surface area (Å²) in [4.78, 5) is 22.1. The van der Waals surface area contributed by atoms with Crippen molar-refractivity contribution in [2.75, 3.05) is 0 Å². The van der Waals surface area contributed by atoms with Crippen LogP contribution in [0.2, 0.25) is 0 Å². The first-order chi connectivity index (χ1) is 7.07. The van der Waals surface area contributed by atoms with Gasteiger partial charge in [0.2, 0.25) is 11.8 Å². The first-order valence-corrected chi connectivity index (χ1v) is 5.65. The lowest BCUT2D eigenvalue weighted by Gasteiger charge is -2.34. The van der Waals surface area contributed by atoms with E-state index in [0.717, 1.165) is 25.7 Å². The molecular formula is C11H20N2O2. The van der Waals surface area contributed by atoms with E-state index in [9.17, 15) is 9.59 Å². The first kappa shape index (κ1) is 12.0. The van der Waals surface area contributed by atoms with Crippen LogP contribution in [-0.2, 0) is 9.59 Å². The summed E-state index contributed by atoms with van der Waals surface area (Å²) < 4.78 is 0. The third kappa shape index (κ3) is 3.22. The molecule has 1 rings (SSSR count). The highest BCUT2D eigenvalue weighted by atomic mass is 16.1. The second kappa shape index (κ2) is 5.14. The van der Waals surface area contributed by atoms with Crippen LogP contribution in [0, 0.1) is 5.41 Å². The van der Waals surface area contributed by atoms with E-state index in [-0.39, 0.29) is 17.2 Å². The van der Waals surface area contributed by atoms with Gasteiger partial charge in [0.25, 0.3) is 0 Å².